The third-order valence-electron chi connectivity index (χ3n) is 1.44. The normalized spacial score (nSPS) is 10.1. The molecular weight excluding hydrogens is 185 g/mol. The van der Waals surface area contributed by atoms with Crippen molar-refractivity contribution in [3.63, 3.8) is 0 Å². The Bertz CT molecular complexity index is 378. The van der Waals surface area contributed by atoms with Gasteiger partial charge in [-0.1, -0.05) is 0 Å². The largest absolute Gasteiger partial charge is 0.398 e. The van der Waals surface area contributed by atoms with Crippen molar-refractivity contribution in [2.24, 2.45) is 5.73 Å². The van der Waals surface area contributed by atoms with Crippen LogP contribution in [-0.4, -0.2) is 5.91 Å². The van der Waals surface area contributed by atoms with Crippen LogP contribution in [0.25, 0.3) is 0 Å². The van der Waals surface area contributed by atoms with Crippen LogP contribution in [0.2, 0.25) is 0 Å². The fourth-order valence-electron chi connectivity index (χ4n) is 0.864. The average Bonchev–Trinajstić information content (AvgIpc) is 1.99. The first-order valence-electron chi connectivity index (χ1n) is 3.18. The first-order valence-corrected chi connectivity index (χ1v) is 3.18. The van der Waals surface area contributed by atoms with Crippen LogP contribution < -0.4 is 11.5 Å². The minimum absolute atomic E-state index is 0.499. The van der Waals surface area contributed by atoms with Gasteiger partial charge in [0.1, 0.15) is 5.56 Å². The highest BCUT2D eigenvalue weighted by molar-refractivity contribution is 5.98. The third kappa shape index (κ3) is 1.42. The van der Waals surface area contributed by atoms with Crippen molar-refractivity contribution in [3.05, 3.63) is 29.1 Å². The molecule has 0 aliphatic rings. The van der Waals surface area contributed by atoms with Crippen LogP contribution in [0.5, 0.6) is 0 Å². The van der Waals surface area contributed by atoms with Crippen LogP contribution >= 0.6 is 0 Å². The van der Waals surface area contributed by atoms with Crippen molar-refractivity contribution in [2.45, 2.75) is 0 Å². The summed E-state index contributed by atoms with van der Waals surface area (Å²) in [6.07, 6.45) is 0. The van der Waals surface area contributed by atoms with Crippen LogP contribution in [0.1, 0.15) is 10.4 Å². The molecule has 0 spiro atoms. The second-order valence-electron chi connectivity index (χ2n) is 2.31. The molecule has 6 heteroatoms. The number of rotatable bonds is 1. The van der Waals surface area contributed by atoms with E-state index in [4.69, 9.17) is 5.73 Å². The van der Waals surface area contributed by atoms with E-state index in [0.717, 1.165) is 0 Å². The Labute approximate surface area is 71.1 Å². The van der Waals surface area contributed by atoms with Gasteiger partial charge >= 0.3 is 0 Å². The van der Waals surface area contributed by atoms with Crippen molar-refractivity contribution in [1.29, 1.82) is 0 Å². The van der Waals surface area contributed by atoms with Gasteiger partial charge in [-0.3, -0.25) is 4.79 Å². The number of nitrogen functional groups attached to an aromatic ring is 1. The minimum atomic E-state index is -1.76. The molecule has 70 valence electrons. The Hall–Kier alpha value is -1.72. The predicted molar refractivity (Wildman–Crippen MR) is 39.2 cm³/mol. The van der Waals surface area contributed by atoms with Gasteiger partial charge in [0, 0.05) is 6.07 Å². The number of amides is 1. The number of nitrogens with two attached hydrogens (primary N) is 2. The Morgan fingerprint density at radius 3 is 2.23 bits per heavy atom. The molecule has 0 bridgehead atoms. The van der Waals surface area contributed by atoms with Gasteiger partial charge in [0.15, 0.2) is 17.5 Å². The van der Waals surface area contributed by atoms with E-state index in [1.54, 1.807) is 0 Å². The summed E-state index contributed by atoms with van der Waals surface area (Å²) in [6, 6.07) is 0.499. The van der Waals surface area contributed by atoms with Gasteiger partial charge in [-0.25, -0.2) is 13.2 Å². The number of benzene rings is 1. The number of primary amides is 1. The predicted octanol–water partition coefficient (Wildman–Crippen LogP) is 0.785. The molecule has 0 aliphatic heterocycles. The molecule has 0 fully saturated rings. The molecule has 0 heterocycles. The third-order valence-corrected chi connectivity index (χ3v) is 1.44. The molecular formula is C7H5F3N2O. The Morgan fingerprint density at radius 2 is 1.77 bits per heavy atom. The number of anilines is 1. The molecule has 0 atom stereocenters. The molecule has 0 aliphatic carbocycles. The van der Waals surface area contributed by atoms with Crippen LogP contribution in [-0.2, 0) is 0 Å². The molecule has 1 amide bonds. The highest BCUT2D eigenvalue weighted by atomic mass is 19.2. The second-order valence-corrected chi connectivity index (χ2v) is 2.31. The maximum atomic E-state index is 12.8. The molecule has 1 aromatic carbocycles. The summed E-state index contributed by atoms with van der Waals surface area (Å²) < 4.78 is 37.7. The highest BCUT2D eigenvalue weighted by Gasteiger charge is 2.20. The molecule has 3 nitrogen and oxygen atoms in total. The van der Waals surface area contributed by atoms with E-state index in [-0.39, 0.29) is 0 Å². The average molecular weight is 190 g/mol. The molecule has 4 N–H and O–H groups in total. The molecule has 1 aromatic rings. The van der Waals surface area contributed by atoms with Gasteiger partial charge in [0.2, 0.25) is 0 Å². The fourth-order valence-corrected chi connectivity index (χ4v) is 0.864. The molecule has 0 aromatic heterocycles. The SMILES string of the molecule is NC(=O)c1c(N)cc(F)c(F)c1F. The number of carbonyl (C=O) groups excluding carboxylic acids is 1. The summed E-state index contributed by atoms with van der Waals surface area (Å²) in [6.45, 7) is 0. The summed E-state index contributed by atoms with van der Waals surface area (Å²) in [7, 11) is 0. The molecule has 0 unspecified atom stereocenters. The molecule has 0 radical (unpaired) electrons. The summed E-state index contributed by atoms with van der Waals surface area (Å²) in [5.74, 6) is -6.12. The Morgan fingerprint density at radius 1 is 1.23 bits per heavy atom. The van der Waals surface area contributed by atoms with Gasteiger partial charge in [-0.05, 0) is 0 Å². The van der Waals surface area contributed by atoms with Crippen LogP contribution in [0.3, 0.4) is 0 Å². The standard InChI is InChI=1S/C7H5F3N2O/c8-2-1-3(11)4(7(12)13)6(10)5(2)9/h1H,11H2,(H2,12,13). The maximum Gasteiger partial charge on any atom is 0.253 e. The van der Waals surface area contributed by atoms with Gasteiger partial charge in [-0.15, -0.1) is 0 Å². The fraction of sp³-hybridized carbons (Fsp3) is 0. The smallest absolute Gasteiger partial charge is 0.253 e. The molecule has 0 saturated carbocycles. The van der Waals surface area contributed by atoms with E-state index in [9.17, 15) is 18.0 Å². The lowest BCUT2D eigenvalue weighted by Gasteiger charge is -2.04. The van der Waals surface area contributed by atoms with Gasteiger partial charge in [-0.2, -0.15) is 0 Å². The van der Waals surface area contributed by atoms with E-state index in [2.05, 4.69) is 5.73 Å². The monoisotopic (exact) mass is 190 g/mol. The van der Waals surface area contributed by atoms with E-state index in [0.29, 0.717) is 6.07 Å². The van der Waals surface area contributed by atoms with Crippen LogP contribution in [0.4, 0.5) is 18.9 Å². The van der Waals surface area contributed by atoms with Crippen molar-refractivity contribution >= 4 is 11.6 Å². The van der Waals surface area contributed by atoms with Gasteiger partial charge < -0.3 is 11.5 Å². The van der Waals surface area contributed by atoms with Gasteiger partial charge in [0.25, 0.3) is 5.91 Å². The van der Waals surface area contributed by atoms with Crippen molar-refractivity contribution in [2.75, 3.05) is 5.73 Å². The topological polar surface area (TPSA) is 69.1 Å². The van der Waals surface area contributed by atoms with E-state index in [1.807, 2.05) is 0 Å². The zero-order valence-electron chi connectivity index (χ0n) is 6.27. The minimum Gasteiger partial charge on any atom is -0.398 e. The zero-order valence-corrected chi connectivity index (χ0v) is 6.27. The van der Waals surface area contributed by atoms with Crippen molar-refractivity contribution < 1.29 is 18.0 Å². The highest BCUT2D eigenvalue weighted by Crippen LogP contribution is 2.21. The van der Waals surface area contributed by atoms with E-state index < -0.39 is 34.6 Å². The lowest BCUT2D eigenvalue weighted by molar-refractivity contribution is 0.0996. The zero-order chi connectivity index (χ0) is 10.2. The quantitative estimate of drug-likeness (QED) is 0.507. The number of hydrogen-bond acceptors (Lipinski definition) is 2. The Balaban J connectivity index is 3.53. The lowest BCUT2D eigenvalue weighted by Crippen LogP contribution is -2.17. The number of hydrogen-bond donors (Lipinski definition) is 2. The number of halogens is 3. The molecule has 0 saturated heterocycles. The summed E-state index contributed by atoms with van der Waals surface area (Å²) in [4.78, 5) is 10.5. The van der Waals surface area contributed by atoms with E-state index in [1.165, 1.54) is 0 Å². The molecule has 1 rings (SSSR count). The van der Waals surface area contributed by atoms with Crippen molar-refractivity contribution in [3.8, 4) is 0 Å². The van der Waals surface area contributed by atoms with Gasteiger partial charge in [0.05, 0.1) is 5.69 Å². The second kappa shape index (κ2) is 2.96. The first kappa shape index (κ1) is 9.37. The van der Waals surface area contributed by atoms with E-state index >= 15 is 0 Å². The van der Waals surface area contributed by atoms with Crippen molar-refractivity contribution in [1.82, 2.24) is 0 Å². The lowest BCUT2D eigenvalue weighted by atomic mass is 10.1. The summed E-state index contributed by atoms with van der Waals surface area (Å²) in [5, 5.41) is 0. The summed E-state index contributed by atoms with van der Waals surface area (Å²) >= 11 is 0. The van der Waals surface area contributed by atoms with Crippen LogP contribution in [0, 0.1) is 17.5 Å². The Kier molecular flexibility index (Phi) is 2.14. The maximum absolute atomic E-state index is 12.8. The molecule has 13 heavy (non-hydrogen) atoms. The summed E-state index contributed by atoms with van der Waals surface area (Å²) in [5.41, 5.74) is 8.37. The number of carbonyl (C=O) groups is 1. The van der Waals surface area contributed by atoms with Crippen LogP contribution in [0.15, 0.2) is 6.07 Å². The first-order chi connectivity index (χ1) is 5.95.